The summed E-state index contributed by atoms with van der Waals surface area (Å²) in [6.45, 7) is 0.988. The number of amides is 2. The molecule has 1 aliphatic rings. The number of aliphatic hydroxyl groups excluding tert-OH is 2. The molecular weight excluding hydrogens is 855 g/mol. The molecule has 322 valence electrons. The van der Waals surface area contributed by atoms with Crippen molar-refractivity contribution in [1.29, 1.82) is 0 Å². The molecule has 0 aliphatic carbocycles. The fourth-order valence-corrected chi connectivity index (χ4v) is 8.35. The molecule has 3 rings (SSSR count). The van der Waals surface area contributed by atoms with Gasteiger partial charge >= 0.3 is 29.4 Å². The number of thioether (sulfide) groups is 1. The van der Waals surface area contributed by atoms with Crippen LogP contribution in [0.15, 0.2) is 12.7 Å². The Labute approximate surface area is 326 Å². The number of fused-ring (bicyclic) bond motifs is 1. The van der Waals surface area contributed by atoms with E-state index in [4.69, 9.17) is 24.6 Å². The number of ether oxygens (including phenoxy) is 1. The van der Waals surface area contributed by atoms with Gasteiger partial charge in [0, 0.05) is 30.7 Å². The Kier molecular flexibility index (Phi) is 16.4. The van der Waals surface area contributed by atoms with E-state index in [1.807, 2.05) is 0 Å². The summed E-state index contributed by atoms with van der Waals surface area (Å²) in [6.07, 6.45) is -7.85. The van der Waals surface area contributed by atoms with Crippen LogP contribution in [-0.4, -0.2) is 144 Å². The van der Waals surface area contributed by atoms with Crippen molar-refractivity contribution in [2.75, 3.05) is 37.8 Å². The van der Waals surface area contributed by atoms with Crippen LogP contribution in [0, 0.1) is 5.41 Å². The molecule has 3 heterocycles. The second kappa shape index (κ2) is 19.4. The first-order chi connectivity index (χ1) is 26.1. The third-order valence-corrected chi connectivity index (χ3v) is 11.7. The number of nitrogens with one attached hydrogen (secondary N) is 2. The summed E-state index contributed by atoms with van der Waals surface area (Å²) in [7, 11) is -16.5. The lowest BCUT2D eigenvalue weighted by Crippen LogP contribution is -2.46. The van der Waals surface area contributed by atoms with E-state index in [0.29, 0.717) is 11.8 Å². The molecule has 27 nitrogen and oxygen atoms in total. The molecule has 0 aromatic carbocycles. The molecule has 8 atom stereocenters. The maximum atomic E-state index is 12.7. The number of hydrogen-bond donors (Lipinski definition) is 11. The van der Waals surface area contributed by atoms with Crippen LogP contribution in [-0.2, 0) is 55.5 Å². The maximum absolute atomic E-state index is 12.7. The van der Waals surface area contributed by atoms with Gasteiger partial charge in [-0.3, -0.25) is 32.5 Å². The topological polar surface area (TPSA) is 421 Å². The van der Waals surface area contributed by atoms with Gasteiger partial charge in [0.25, 0.3) is 0 Å². The van der Waals surface area contributed by atoms with E-state index in [2.05, 4.69) is 34.4 Å². The number of carbonyl (C=O) groups is 4. The number of carboxylic acid groups (broad SMARTS) is 1. The van der Waals surface area contributed by atoms with Crippen LogP contribution < -0.4 is 16.4 Å². The normalized spacial score (nSPS) is 22.6. The van der Waals surface area contributed by atoms with Crippen molar-refractivity contribution in [2.45, 2.75) is 69.9 Å². The van der Waals surface area contributed by atoms with Gasteiger partial charge in [0.15, 0.2) is 28.4 Å². The number of nitrogens with two attached hydrogens (primary N) is 1. The lowest BCUT2D eigenvalue weighted by molar-refractivity contribution is -0.158. The second-order valence-corrected chi connectivity index (χ2v) is 18.4. The summed E-state index contributed by atoms with van der Waals surface area (Å²) in [5.74, 6) is -3.18. The highest BCUT2D eigenvalue weighted by Gasteiger charge is 2.50. The predicted octanol–water partition coefficient (Wildman–Crippen LogP) is -2.11. The van der Waals surface area contributed by atoms with Gasteiger partial charge in [-0.1, -0.05) is 25.6 Å². The van der Waals surface area contributed by atoms with E-state index < -0.39 is 108 Å². The van der Waals surface area contributed by atoms with E-state index in [9.17, 15) is 67.8 Å². The Bertz CT molecular complexity index is 1930. The minimum absolute atomic E-state index is 0.0136. The Morgan fingerprint density at radius 3 is 2.32 bits per heavy atom. The number of aliphatic hydroxyl groups is 3. The van der Waals surface area contributed by atoms with Crippen LogP contribution >= 0.6 is 35.2 Å². The molecule has 0 saturated carbocycles. The number of carbonyl (C=O) groups excluding carboxylic acids is 3. The number of aliphatic carboxylic acids is 1. The number of anilines is 1. The molecule has 2 amide bonds. The summed E-state index contributed by atoms with van der Waals surface area (Å²) in [5.41, 5.74) is 1.93. The first kappa shape index (κ1) is 48.4. The zero-order valence-electron chi connectivity index (χ0n) is 30.1. The summed E-state index contributed by atoms with van der Waals surface area (Å²) < 4.78 is 61.9. The van der Waals surface area contributed by atoms with Gasteiger partial charge < -0.3 is 61.1 Å². The van der Waals surface area contributed by atoms with Gasteiger partial charge in [0.1, 0.15) is 36.3 Å². The monoisotopic (exact) mass is 897 g/mol. The molecule has 0 spiro atoms. The third kappa shape index (κ3) is 14.3. The highest BCUT2D eigenvalue weighted by atomic mass is 32.2. The maximum Gasteiger partial charge on any atom is 0.481 e. The van der Waals surface area contributed by atoms with Gasteiger partial charge in [0.2, 0.25) is 11.8 Å². The molecule has 2 aromatic rings. The van der Waals surface area contributed by atoms with E-state index in [1.165, 1.54) is 13.8 Å². The SMILES string of the molecule is CC(C)(COP(=O)(O)OP(=O)(O)OC[C@H]1O[C@@H](n2cnc3c(N)ncnc32)[C@H](O)[C@@H]1OP(=O)(O)O)[C@@H](O)C(=O)NCCC(=O)NCCSC(=O)C[C@@](C)(O)C(=O)O. The lowest BCUT2D eigenvalue weighted by atomic mass is 9.87. The first-order valence-corrected chi connectivity index (χ1v) is 21.7. The van der Waals surface area contributed by atoms with Crippen LogP contribution in [0.4, 0.5) is 5.82 Å². The standard InChI is InChI=1S/C26H42N7O20P3S/c1-25(2,19(37)22(38)29-5-4-14(34)28-6-7-57-15(35)8-26(3,41)24(39)40)10-50-56(47,48)53-55(45,46)49-9-13-18(52-54(42,43)44)17(36)23(51-13)33-12-32-16-20(27)30-11-31-21(16)33/h11-13,17-19,23,36-37,41H,4-10H2,1-3H3,(H,28,34)(H,29,38)(H,39,40)(H,45,46)(H,47,48)(H2,27,30,31)(H2,42,43,44)/t13-,17-,18-,19+,23-,26-/m1/s1. The van der Waals surface area contributed by atoms with Crippen LogP contribution in [0.25, 0.3) is 11.2 Å². The number of hydrogen-bond acceptors (Lipinski definition) is 20. The molecule has 31 heteroatoms. The van der Waals surface area contributed by atoms with Crippen molar-refractivity contribution in [3.8, 4) is 0 Å². The smallest absolute Gasteiger partial charge is 0.479 e. The fourth-order valence-electron chi connectivity index (χ4n) is 4.70. The molecular formula is C26H42N7O20P3S. The number of nitrogens with zero attached hydrogens (tertiary/aromatic N) is 4. The van der Waals surface area contributed by atoms with Crippen LogP contribution in [0.2, 0.25) is 0 Å². The Morgan fingerprint density at radius 1 is 1.04 bits per heavy atom. The molecule has 57 heavy (non-hydrogen) atoms. The van der Waals surface area contributed by atoms with Crippen LogP contribution in [0.1, 0.15) is 39.8 Å². The van der Waals surface area contributed by atoms with Gasteiger partial charge in [-0.15, -0.1) is 0 Å². The van der Waals surface area contributed by atoms with Gasteiger partial charge in [-0.05, 0) is 6.92 Å². The zero-order chi connectivity index (χ0) is 43.1. The minimum Gasteiger partial charge on any atom is -0.479 e. The minimum atomic E-state index is -5.60. The van der Waals surface area contributed by atoms with Crippen molar-refractivity contribution < 1.29 is 95.5 Å². The first-order valence-electron chi connectivity index (χ1n) is 16.1. The number of nitrogen functional groups attached to an aromatic ring is 1. The molecule has 1 aliphatic heterocycles. The summed E-state index contributed by atoms with van der Waals surface area (Å²) in [4.78, 5) is 98.1. The number of carboxylic acids is 1. The molecule has 12 N–H and O–H groups in total. The Morgan fingerprint density at radius 2 is 1.68 bits per heavy atom. The van der Waals surface area contributed by atoms with Gasteiger partial charge in [-0.25, -0.2) is 33.4 Å². The zero-order valence-corrected chi connectivity index (χ0v) is 33.6. The van der Waals surface area contributed by atoms with Crippen LogP contribution in [0.5, 0.6) is 0 Å². The Balaban J connectivity index is 1.48. The van der Waals surface area contributed by atoms with E-state index in [-0.39, 0.29) is 42.2 Å². The number of aromatic nitrogens is 4. The van der Waals surface area contributed by atoms with E-state index >= 15 is 0 Å². The molecule has 1 fully saturated rings. The van der Waals surface area contributed by atoms with Crippen molar-refractivity contribution in [3.05, 3.63) is 12.7 Å². The third-order valence-electron chi connectivity index (χ3n) is 7.71. The number of phosphoric acid groups is 3. The van der Waals surface area contributed by atoms with Crippen molar-refractivity contribution >= 4 is 75.1 Å². The second-order valence-electron chi connectivity index (χ2n) is 13.0. The number of phosphoric ester groups is 3. The molecule has 2 unspecified atom stereocenters. The highest BCUT2D eigenvalue weighted by molar-refractivity contribution is 8.13. The number of imidazole rings is 1. The molecule has 0 radical (unpaired) electrons. The predicted molar refractivity (Wildman–Crippen MR) is 190 cm³/mol. The lowest BCUT2D eigenvalue weighted by Gasteiger charge is -2.30. The molecule has 1 saturated heterocycles. The quantitative estimate of drug-likeness (QED) is 0.0445. The average molecular weight is 898 g/mol. The largest absolute Gasteiger partial charge is 0.481 e. The van der Waals surface area contributed by atoms with Gasteiger partial charge in [0.05, 0.1) is 26.0 Å². The summed E-state index contributed by atoms with van der Waals surface area (Å²) >= 11 is 0.691. The van der Waals surface area contributed by atoms with Crippen molar-refractivity contribution in [1.82, 2.24) is 30.2 Å². The summed E-state index contributed by atoms with van der Waals surface area (Å²) in [6, 6.07) is 0. The van der Waals surface area contributed by atoms with E-state index in [1.54, 1.807) is 0 Å². The van der Waals surface area contributed by atoms with Gasteiger partial charge in [-0.2, -0.15) is 4.31 Å². The Hall–Kier alpha value is -3.01. The molecule has 0 bridgehead atoms. The summed E-state index contributed by atoms with van der Waals surface area (Å²) in [5, 5.41) is 44.0. The number of rotatable bonds is 22. The highest BCUT2D eigenvalue weighted by Crippen LogP contribution is 2.61. The van der Waals surface area contributed by atoms with E-state index in [0.717, 1.165) is 24.1 Å². The van der Waals surface area contributed by atoms with Crippen molar-refractivity contribution in [2.24, 2.45) is 5.41 Å². The fraction of sp³-hybridized carbons (Fsp3) is 0.654. The molecule has 2 aromatic heterocycles. The van der Waals surface area contributed by atoms with Crippen LogP contribution in [0.3, 0.4) is 0 Å². The average Bonchev–Trinajstić information content (AvgIpc) is 3.64. The van der Waals surface area contributed by atoms with Crippen molar-refractivity contribution in [3.63, 3.8) is 0 Å².